The van der Waals surface area contributed by atoms with E-state index in [0.717, 1.165) is 32.5 Å². The highest BCUT2D eigenvalue weighted by atomic mass is 16.5. The molecule has 0 aliphatic carbocycles. The maximum Gasteiger partial charge on any atom is 0.0945 e. The summed E-state index contributed by atoms with van der Waals surface area (Å²) in [7, 11) is 0. The lowest BCUT2D eigenvalue weighted by molar-refractivity contribution is 0.113. The third kappa shape index (κ3) is 3.04. The molecule has 0 saturated carbocycles. The van der Waals surface area contributed by atoms with Gasteiger partial charge in [0.2, 0.25) is 0 Å². The predicted molar refractivity (Wildman–Crippen MR) is 58.7 cm³/mol. The van der Waals surface area contributed by atoms with Gasteiger partial charge in [-0.2, -0.15) is 0 Å². The molecule has 0 bridgehead atoms. The van der Waals surface area contributed by atoms with Gasteiger partial charge in [0.05, 0.1) is 12.4 Å². The van der Waals surface area contributed by atoms with Crippen molar-refractivity contribution in [2.75, 3.05) is 13.2 Å². The molecular formula is C11H19N3O. The molecule has 1 aliphatic heterocycles. The van der Waals surface area contributed by atoms with Crippen LogP contribution in [0.5, 0.6) is 0 Å². The van der Waals surface area contributed by atoms with Gasteiger partial charge >= 0.3 is 0 Å². The highest BCUT2D eigenvalue weighted by molar-refractivity contribution is 4.79. The van der Waals surface area contributed by atoms with E-state index in [1.54, 1.807) is 0 Å². The topological polar surface area (TPSA) is 39.1 Å². The molecule has 0 spiro atoms. The number of hydrogen-bond acceptors (Lipinski definition) is 3. The average Bonchev–Trinajstić information content (AvgIpc) is 2.85. The lowest BCUT2D eigenvalue weighted by Crippen LogP contribution is -2.35. The first kappa shape index (κ1) is 10.6. The smallest absolute Gasteiger partial charge is 0.0945 e. The van der Waals surface area contributed by atoms with Crippen molar-refractivity contribution in [3.8, 4) is 0 Å². The van der Waals surface area contributed by atoms with Crippen LogP contribution in [0.3, 0.4) is 0 Å². The minimum atomic E-state index is 0.373. The lowest BCUT2D eigenvalue weighted by atomic mass is 10.1. The molecule has 1 aliphatic rings. The fourth-order valence-electron chi connectivity index (χ4n) is 1.97. The van der Waals surface area contributed by atoms with E-state index in [0.29, 0.717) is 12.1 Å². The summed E-state index contributed by atoms with van der Waals surface area (Å²) in [5.74, 6) is 0. The summed E-state index contributed by atoms with van der Waals surface area (Å²) in [5, 5.41) is 3.54. The summed E-state index contributed by atoms with van der Waals surface area (Å²) >= 11 is 0. The Morgan fingerprint density at radius 1 is 1.60 bits per heavy atom. The average molecular weight is 209 g/mol. The van der Waals surface area contributed by atoms with E-state index in [1.165, 1.54) is 0 Å². The van der Waals surface area contributed by atoms with Crippen LogP contribution in [0.25, 0.3) is 0 Å². The van der Waals surface area contributed by atoms with Crippen LogP contribution < -0.4 is 5.32 Å². The third-order valence-corrected chi connectivity index (χ3v) is 2.94. The zero-order chi connectivity index (χ0) is 10.5. The van der Waals surface area contributed by atoms with Crippen LogP contribution in [0.1, 0.15) is 19.8 Å². The molecular weight excluding hydrogens is 190 g/mol. The molecule has 0 unspecified atom stereocenters. The van der Waals surface area contributed by atoms with Crippen LogP contribution in [0.2, 0.25) is 0 Å². The van der Waals surface area contributed by atoms with Gasteiger partial charge < -0.3 is 14.6 Å². The van der Waals surface area contributed by atoms with Crippen LogP contribution >= 0.6 is 0 Å². The lowest BCUT2D eigenvalue weighted by Gasteiger charge is -2.15. The Labute approximate surface area is 90.6 Å². The van der Waals surface area contributed by atoms with E-state index in [1.807, 2.05) is 18.7 Å². The SMILES string of the molecule is C[C@H]1OCC[C@@H]1NCCCn1ccnc1. The van der Waals surface area contributed by atoms with Gasteiger partial charge in [-0.25, -0.2) is 4.98 Å². The normalized spacial score (nSPS) is 25.9. The van der Waals surface area contributed by atoms with E-state index in [-0.39, 0.29) is 0 Å². The number of nitrogens with zero attached hydrogens (tertiary/aromatic N) is 2. The van der Waals surface area contributed by atoms with Crippen molar-refractivity contribution < 1.29 is 4.74 Å². The molecule has 0 aromatic carbocycles. The predicted octanol–water partition coefficient (Wildman–Crippen LogP) is 1.04. The van der Waals surface area contributed by atoms with Crippen LogP contribution in [0.15, 0.2) is 18.7 Å². The molecule has 2 heterocycles. The second-order valence-corrected chi connectivity index (χ2v) is 4.08. The van der Waals surface area contributed by atoms with Crippen molar-refractivity contribution in [1.82, 2.24) is 14.9 Å². The molecule has 2 atom stereocenters. The molecule has 1 saturated heterocycles. The van der Waals surface area contributed by atoms with E-state index >= 15 is 0 Å². The zero-order valence-corrected chi connectivity index (χ0v) is 9.22. The highest BCUT2D eigenvalue weighted by Gasteiger charge is 2.22. The summed E-state index contributed by atoms with van der Waals surface area (Å²) in [4.78, 5) is 4.01. The molecule has 0 radical (unpaired) electrons. The van der Waals surface area contributed by atoms with Gasteiger partial charge in [-0.15, -0.1) is 0 Å². The van der Waals surface area contributed by atoms with E-state index in [2.05, 4.69) is 21.8 Å². The molecule has 2 rings (SSSR count). The monoisotopic (exact) mass is 209 g/mol. The van der Waals surface area contributed by atoms with Crippen molar-refractivity contribution >= 4 is 0 Å². The maximum atomic E-state index is 5.49. The van der Waals surface area contributed by atoms with Crippen molar-refractivity contribution in [3.05, 3.63) is 18.7 Å². The van der Waals surface area contributed by atoms with Gasteiger partial charge in [-0.05, 0) is 26.3 Å². The van der Waals surface area contributed by atoms with Gasteiger partial charge in [0.25, 0.3) is 0 Å². The first-order valence-corrected chi connectivity index (χ1v) is 5.67. The molecule has 1 N–H and O–H groups in total. The molecule has 1 fully saturated rings. The van der Waals surface area contributed by atoms with Gasteiger partial charge in [0, 0.05) is 31.6 Å². The van der Waals surface area contributed by atoms with Gasteiger partial charge in [-0.3, -0.25) is 0 Å². The second-order valence-electron chi connectivity index (χ2n) is 4.08. The van der Waals surface area contributed by atoms with E-state index in [9.17, 15) is 0 Å². The van der Waals surface area contributed by atoms with Crippen molar-refractivity contribution in [1.29, 1.82) is 0 Å². The van der Waals surface area contributed by atoms with Gasteiger partial charge in [0.15, 0.2) is 0 Å². The number of hydrogen-bond donors (Lipinski definition) is 1. The third-order valence-electron chi connectivity index (χ3n) is 2.94. The minimum Gasteiger partial charge on any atom is -0.377 e. The van der Waals surface area contributed by atoms with Crippen LogP contribution in [-0.2, 0) is 11.3 Å². The van der Waals surface area contributed by atoms with E-state index < -0.39 is 0 Å². The Hall–Kier alpha value is -0.870. The molecule has 4 nitrogen and oxygen atoms in total. The van der Waals surface area contributed by atoms with Crippen molar-refractivity contribution in [2.45, 2.75) is 38.5 Å². The zero-order valence-electron chi connectivity index (χ0n) is 9.22. The number of ether oxygens (including phenoxy) is 1. The highest BCUT2D eigenvalue weighted by Crippen LogP contribution is 2.12. The first-order chi connectivity index (χ1) is 7.36. The first-order valence-electron chi connectivity index (χ1n) is 5.67. The van der Waals surface area contributed by atoms with Gasteiger partial charge in [0.1, 0.15) is 0 Å². The molecule has 0 amide bonds. The number of nitrogens with one attached hydrogen (secondary N) is 1. The fourth-order valence-corrected chi connectivity index (χ4v) is 1.97. The van der Waals surface area contributed by atoms with Crippen LogP contribution in [0, 0.1) is 0 Å². The van der Waals surface area contributed by atoms with Crippen molar-refractivity contribution in [3.63, 3.8) is 0 Å². The summed E-state index contributed by atoms with van der Waals surface area (Å²) in [6, 6.07) is 0.549. The van der Waals surface area contributed by atoms with E-state index in [4.69, 9.17) is 4.74 Å². The fraction of sp³-hybridized carbons (Fsp3) is 0.727. The quantitative estimate of drug-likeness (QED) is 0.736. The summed E-state index contributed by atoms with van der Waals surface area (Å²) in [6.07, 6.45) is 8.34. The number of imidazole rings is 1. The Kier molecular flexibility index (Phi) is 3.75. The summed E-state index contributed by atoms with van der Waals surface area (Å²) in [6.45, 7) is 5.13. The Morgan fingerprint density at radius 3 is 3.20 bits per heavy atom. The molecule has 84 valence electrons. The molecule has 1 aromatic heterocycles. The van der Waals surface area contributed by atoms with Crippen molar-refractivity contribution in [2.24, 2.45) is 0 Å². The molecule has 15 heavy (non-hydrogen) atoms. The summed E-state index contributed by atoms with van der Waals surface area (Å²) in [5.41, 5.74) is 0. The Balaban J connectivity index is 1.59. The number of aryl methyl sites for hydroxylation is 1. The summed E-state index contributed by atoms with van der Waals surface area (Å²) < 4.78 is 7.60. The Morgan fingerprint density at radius 2 is 2.53 bits per heavy atom. The largest absolute Gasteiger partial charge is 0.377 e. The molecule has 4 heteroatoms. The maximum absolute atomic E-state index is 5.49. The van der Waals surface area contributed by atoms with Crippen LogP contribution in [-0.4, -0.2) is 34.8 Å². The minimum absolute atomic E-state index is 0.373. The second kappa shape index (κ2) is 5.28. The van der Waals surface area contributed by atoms with Gasteiger partial charge in [-0.1, -0.05) is 0 Å². The van der Waals surface area contributed by atoms with Crippen LogP contribution in [0.4, 0.5) is 0 Å². The number of aromatic nitrogens is 2. The Bertz CT molecular complexity index is 273. The molecule has 1 aromatic rings. The number of rotatable bonds is 5. The standard InChI is InChI=1S/C11H19N3O/c1-10-11(3-8-15-10)13-4-2-6-14-7-5-12-9-14/h5,7,9-11,13H,2-4,6,8H2,1H3/t10-,11+/m1/s1.